The van der Waals surface area contributed by atoms with Gasteiger partial charge in [0.1, 0.15) is 5.75 Å². The van der Waals surface area contributed by atoms with Crippen molar-refractivity contribution >= 4 is 40.9 Å². The molecule has 0 saturated heterocycles. The van der Waals surface area contributed by atoms with Crippen molar-refractivity contribution in [2.24, 2.45) is 0 Å². The van der Waals surface area contributed by atoms with E-state index in [0.29, 0.717) is 16.3 Å². The van der Waals surface area contributed by atoms with Gasteiger partial charge in [0.05, 0.1) is 23.6 Å². The van der Waals surface area contributed by atoms with Crippen molar-refractivity contribution in [1.29, 1.82) is 0 Å². The Kier molecular flexibility index (Phi) is 6.83. The van der Waals surface area contributed by atoms with Crippen molar-refractivity contribution in [2.45, 2.75) is 26.4 Å². The quantitative estimate of drug-likeness (QED) is 0.750. The van der Waals surface area contributed by atoms with Crippen molar-refractivity contribution in [2.75, 3.05) is 12.4 Å². The molecule has 0 aliphatic rings. The minimum Gasteiger partial charge on any atom is -0.496 e. The minimum atomic E-state index is -1.02. The average molecular weight is 397 g/mol. The van der Waals surface area contributed by atoms with E-state index in [9.17, 15) is 9.59 Å². The molecule has 26 heavy (non-hydrogen) atoms. The number of carbonyl (C=O) groups excluding carboxylic acids is 2. The van der Waals surface area contributed by atoms with Crippen LogP contribution in [0.15, 0.2) is 30.5 Å². The molecule has 0 saturated carbocycles. The molecule has 2 aromatic rings. The molecule has 8 heteroatoms. The molecule has 2 rings (SSSR count). The molecule has 0 bridgehead atoms. The number of aromatic nitrogens is 1. The highest BCUT2D eigenvalue weighted by Crippen LogP contribution is 2.23. The zero-order valence-electron chi connectivity index (χ0n) is 14.5. The molecule has 1 atom stereocenters. The number of pyridine rings is 1. The van der Waals surface area contributed by atoms with Gasteiger partial charge in [0.15, 0.2) is 11.9 Å². The van der Waals surface area contributed by atoms with Crippen LogP contribution in [0.2, 0.25) is 10.0 Å². The van der Waals surface area contributed by atoms with Gasteiger partial charge in [0.2, 0.25) is 0 Å². The molecule has 0 aliphatic heterocycles. The van der Waals surface area contributed by atoms with E-state index in [1.54, 1.807) is 6.07 Å². The van der Waals surface area contributed by atoms with Gasteiger partial charge in [-0.3, -0.25) is 9.59 Å². The highest BCUT2D eigenvalue weighted by molar-refractivity contribution is 6.36. The van der Waals surface area contributed by atoms with E-state index >= 15 is 0 Å². The minimum absolute atomic E-state index is 0.0115. The van der Waals surface area contributed by atoms with Crippen molar-refractivity contribution in [3.8, 4) is 5.75 Å². The number of aryl methyl sites for hydroxylation is 1. The van der Waals surface area contributed by atoms with Gasteiger partial charge in [-0.15, -0.1) is 0 Å². The second kappa shape index (κ2) is 8.87. The number of benzene rings is 1. The summed E-state index contributed by atoms with van der Waals surface area (Å²) in [5, 5.41) is 3.03. The second-order valence-corrected chi connectivity index (χ2v) is 6.44. The lowest BCUT2D eigenvalue weighted by atomic mass is 10.1. The molecule has 0 aliphatic carbocycles. The van der Waals surface area contributed by atoms with Crippen molar-refractivity contribution < 1.29 is 19.1 Å². The summed E-state index contributed by atoms with van der Waals surface area (Å²) in [6, 6.07) is 6.95. The lowest BCUT2D eigenvalue weighted by molar-refractivity contribution is -0.152. The Morgan fingerprint density at radius 2 is 2.00 bits per heavy atom. The van der Waals surface area contributed by atoms with Gasteiger partial charge in [-0.2, -0.15) is 0 Å². The fourth-order valence-electron chi connectivity index (χ4n) is 2.22. The zero-order valence-corrected chi connectivity index (χ0v) is 16.0. The van der Waals surface area contributed by atoms with Gasteiger partial charge in [-0.1, -0.05) is 40.9 Å². The average Bonchev–Trinajstić information content (AvgIpc) is 2.57. The van der Waals surface area contributed by atoms with Gasteiger partial charge in [-0.05, 0) is 26.0 Å². The number of hydrogen-bond donors (Lipinski definition) is 1. The van der Waals surface area contributed by atoms with Gasteiger partial charge < -0.3 is 14.8 Å². The first-order valence-electron chi connectivity index (χ1n) is 7.75. The van der Waals surface area contributed by atoms with Crippen molar-refractivity contribution in [1.82, 2.24) is 4.98 Å². The molecule has 6 nitrogen and oxygen atoms in total. The standard InChI is InChI=1S/C18H18Cl2N2O4/c1-10-4-5-15(25-3)12(6-10)7-16(23)26-11(2)18(24)22-17-14(20)8-13(19)9-21-17/h4-6,8-9,11H,7H2,1-3H3,(H,21,22,24)/t11-/m0/s1. The lowest BCUT2D eigenvalue weighted by Crippen LogP contribution is -2.31. The topological polar surface area (TPSA) is 77.5 Å². The Morgan fingerprint density at radius 1 is 1.27 bits per heavy atom. The van der Waals surface area contributed by atoms with Gasteiger partial charge in [0.25, 0.3) is 5.91 Å². The summed E-state index contributed by atoms with van der Waals surface area (Å²) in [6.45, 7) is 3.37. The van der Waals surface area contributed by atoms with Crippen LogP contribution in [0.25, 0.3) is 0 Å². The first-order chi connectivity index (χ1) is 12.3. The predicted octanol–water partition coefficient (Wildman–Crippen LogP) is 3.82. The molecule has 138 valence electrons. The van der Waals surface area contributed by atoms with Crippen molar-refractivity contribution in [3.05, 3.63) is 51.6 Å². The first-order valence-corrected chi connectivity index (χ1v) is 8.50. The van der Waals surface area contributed by atoms with Crippen LogP contribution in [-0.2, 0) is 20.7 Å². The van der Waals surface area contributed by atoms with Gasteiger partial charge in [0, 0.05) is 11.8 Å². The molecule has 1 amide bonds. The fourth-order valence-corrected chi connectivity index (χ4v) is 2.65. The molecule has 0 spiro atoms. The molecule has 1 heterocycles. The van der Waals surface area contributed by atoms with E-state index in [0.717, 1.165) is 5.56 Å². The molecular formula is C18H18Cl2N2O4. The SMILES string of the molecule is COc1ccc(C)cc1CC(=O)O[C@@H](C)C(=O)Nc1ncc(Cl)cc1Cl. The van der Waals surface area contributed by atoms with Crippen LogP contribution in [0.4, 0.5) is 5.82 Å². The first kappa shape index (κ1) is 20.0. The number of carbonyl (C=O) groups is 2. The summed E-state index contributed by atoms with van der Waals surface area (Å²) in [7, 11) is 1.53. The van der Waals surface area contributed by atoms with E-state index < -0.39 is 18.0 Å². The summed E-state index contributed by atoms with van der Waals surface area (Å²) < 4.78 is 10.4. The Morgan fingerprint density at radius 3 is 2.65 bits per heavy atom. The highest BCUT2D eigenvalue weighted by atomic mass is 35.5. The van der Waals surface area contributed by atoms with E-state index in [-0.39, 0.29) is 17.3 Å². The summed E-state index contributed by atoms with van der Waals surface area (Å²) in [5.41, 5.74) is 1.68. The number of nitrogens with one attached hydrogen (secondary N) is 1. The summed E-state index contributed by atoms with van der Waals surface area (Å²) in [5.74, 6) is -0.371. The third kappa shape index (κ3) is 5.34. The Labute approximate surface area is 161 Å². The summed E-state index contributed by atoms with van der Waals surface area (Å²) in [6.07, 6.45) is 0.318. The zero-order chi connectivity index (χ0) is 19.3. The number of amides is 1. The molecule has 0 unspecified atom stereocenters. The summed E-state index contributed by atoms with van der Waals surface area (Å²) in [4.78, 5) is 28.3. The number of rotatable bonds is 6. The Balaban J connectivity index is 1.98. The molecule has 1 aromatic heterocycles. The molecule has 0 fully saturated rings. The number of hydrogen-bond acceptors (Lipinski definition) is 5. The maximum absolute atomic E-state index is 12.2. The number of methoxy groups -OCH3 is 1. The Hall–Kier alpha value is -2.31. The summed E-state index contributed by atoms with van der Waals surface area (Å²) >= 11 is 11.7. The maximum atomic E-state index is 12.2. The van der Waals surface area contributed by atoms with E-state index in [1.807, 2.05) is 19.1 Å². The van der Waals surface area contributed by atoms with E-state index in [4.69, 9.17) is 32.7 Å². The number of anilines is 1. The smallest absolute Gasteiger partial charge is 0.311 e. The van der Waals surface area contributed by atoms with Crippen LogP contribution in [-0.4, -0.2) is 30.1 Å². The number of esters is 1. The van der Waals surface area contributed by atoms with Gasteiger partial charge in [-0.25, -0.2) is 4.98 Å². The van der Waals surface area contributed by atoms with Crippen LogP contribution < -0.4 is 10.1 Å². The van der Waals surface area contributed by atoms with Crippen LogP contribution in [0, 0.1) is 6.92 Å². The third-order valence-electron chi connectivity index (χ3n) is 3.50. The maximum Gasteiger partial charge on any atom is 0.311 e. The number of nitrogens with zero attached hydrogens (tertiary/aromatic N) is 1. The van der Waals surface area contributed by atoms with Crippen LogP contribution in [0.5, 0.6) is 5.75 Å². The fraction of sp³-hybridized carbons (Fsp3) is 0.278. The van der Waals surface area contributed by atoms with E-state index in [2.05, 4.69) is 10.3 Å². The monoisotopic (exact) mass is 396 g/mol. The normalized spacial score (nSPS) is 11.6. The second-order valence-electron chi connectivity index (χ2n) is 5.60. The highest BCUT2D eigenvalue weighted by Gasteiger charge is 2.20. The van der Waals surface area contributed by atoms with Gasteiger partial charge >= 0.3 is 5.97 Å². The Bertz CT molecular complexity index is 827. The van der Waals surface area contributed by atoms with Crippen molar-refractivity contribution in [3.63, 3.8) is 0 Å². The van der Waals surface area contributed by atoms with Crippen LogP contribution in [0.3, 0.4) is 0 Å². The van der Waals surface area contributed by atoms with Crippen LogP contribution in [0.1, 0.15) is 18.1 Å². The van der Waals surface area contributed by atoms with Crippen LogP contribution >= 0.6 is 23.2 Å². The van der Waals surface area contributed by atoms with E-state index in [1.165, 1.54) is 26.3 Å². The molecular weight excluding hydrogens is 379 g/mol. The third-order valence-corrected chi connectivity index (χ3v) is 3.99. The largest absolute Gasteiger partial charge is 0.496 e. The number of ether oxygens (including phenoxy) is 2. The molecule has 0 radical (unpaired) electrons. The lowest BCUT2D eigenvalue weighted by Gasteiger charge is -2.15. The molecule has 1 aromatic carbocycles. The molecule has 1 N–H and O–H groups in total. The number of halogens is 2. The predicted molar refractivity (Wildman–Crippen MR) is 99.9 cm³/mol.